The summed E-state index contributed by atoms with van der Waals surface area (Å²) in [6.45, 7) is -0.306. The minimum absolute atomic E-state index is 0.128. The Morgan fingerprint density at radius 1 is 0.929 bits per heavy atom. The predicted octanol–water partition coefficient (Wildman–Crippen LogP) is 6.51. The molecule has 0 aliphatic heterocycles. The number of azo groups is 1. The summed E-state index contributed by atoms with van der Waals surface area (Å²) in [5, 5.41) is 44.3. The third kappa shape index (κ3) is 7.18. The van der Waals surface area contributed by atoms with Crippen LogP contribution in [-0.2, 0) is 25.9 Å². The molecule has 0 spiro atoms. The van der Waals surface area contributed by atoms with Crippen molar-refractivity contribution < 1.29 is 46.6 Å². The van der Waals surface area contributed by atoms with Gasteiger partial charge in [-0.2, -0.15) is 13.5 Å². The molecule has 0 aliphatic rings. The lowest BCUT2D eigenvalue weighted by Gasteiger charge is -2.12. The van der Waals surface area contributed by atoms with E-state index in [9.17, 15) is 33.0 Å². The molecule has 0 bridgehead atoms. The van der Waals surface area contributed by atoms with Gasteiger partial charge in [-0.15, -0.1) is 9.45 Å². The normalized spacial score (nSPS) is 11.7. The Morgan fingerprint density at radius 2 is 1.60 bits per heavy atom. The molecule has 218 valence electrons. The van der Waals surface area contributed by atoms with Crippen LogP contribution in [0.2, 0.25) is 0 Å². The predicted molar refractivity (Wildman–Crippen MR) is 144 cm³/mol. The fourth-order valence-corrected chi connectivity index (χ4v) is 4.73. The molecular formula is C24H17FN4O11S2. The standard InChI is InChI=1S/C24H17FN4O11S2/c25-15-12-21(28(30)31)20(22(13-15)29(32)33)9-10-38-23-8-1-14-11-17(41-40-39-34)4-7-19(14)24(23)27-26-16-2-5-18(6-3-16)42(35,36)37/h1-8,11-13,34H,9-10H2,(H,35,36,37). The molecule has 0 aromatic heterocycles. The van der Waals surface area contributed by atoms with E-state index >= 15 is 0 Å². The van der Waals surface area contributed by atoms with Crippen molar-refractivity contribution in [1.82, 2.24) is 0 Å². The Morgan fingerprint density at radius 3 is 2.19 bits per heavy atom. The summed E-state index contributed by atoms with van der Waals surface area (Å²) >= 11 is 0.715. The van der Waals surface area contributed by atoms with E-state index in [0.717, 1.165) is 12.1 Å². The molecule has 15 nitrogen and oxygen atoms in total. The lowest BCUT2D eigenvalue weighted by Crippen LogP contribution is -2.08. The van der Waals surface area contributed by atoms with E-state index in [1.807, 2.05) is 0 Å². The Labute approximate surface area is 239 Å². The molecule has 42 heavy (non-hydrogen) atoms. The fraction of sp³-hybridized carbons (Fsp3) is 0.0833. The first-order valence-corrected chi connectivity index (χ1v) is 13.6. The van der Waals surface area contributed by atoms with Crippen LogP contribution in [0.25, 0.3) is 10.8 Å². The van der Waals surface area contributed by atoms with Gasteiger partial charge in [0.1, 0.15) is 22.8 Å². The summed E-state index contributed by atoms with van der Waals surface area (Å²) in [6.07, 6.45) is -0.327. The first-order valence-electron chi connectivity index (χ1n) is 11.4. The number of fused-ring (bicyclic) bond motifs is 1. The number of hydrogen-bond donors (Lipinski definition) is 2. The van der Waals surface area contributed by atoms with Crippen molar-refractivity contribution in [3.05, 3.63) is 98.3 Å². The molecule has 4 rings (SSSR count). The number of hydrogen-bond acceptors (Lipinski definition) is 13. The van der Waals surface area contributed by atoms with Crippen molar-refractivity contribution >= 4 is 55.7 Å². The van der Waals surface area contributed by atoms with Crippen molar-refractivity contribution in [2.45, 2.75) is 16.2 Å². The summed E-state index contributed by atoms with van der Waals surface area (Å²) < 4.78 is 55.8. The van der Waals surface area contributed by atoms with Crippen molar-refractivity contribution in [3.63, 3.8) is 0 Å². The topological polar surface area (TPSA) is 213 Å². The van der Waals surface area contributed by atoms with E-state index < -0.39 is 37.2 Å². The quantitative estimate of drug-likeness (QED) is 0.0433. The minimum atomic E-state index is -4.42. The summed E-state index contributed by atoms with van der Waals surface area (Å²) in [7, 11) is -4.42. The third-order valence-corrected chi connectivity index (χ3v) is 7.10. The highest BCUT2D eigenvalue weighted by Gasteiger charge is 2.27. The lowest BCUT2D eigenvalue weighted by atomic mass is 10.1. The zero-order valence-corrected chi connectivity index (χ0v) is 22.5. The number of ether oxygens (including phenoxy) is 1. The largest absolute Gasteiger partial charge is 0.491 e. The van der Waals surface area contributed by atoms with Gasteiger partial charge in [0.2, 0.25) is 0 Å². The van der Waals surface area contributed by atoms with Gasteiger partial charge in [-0.3, -0.25) is 24.8 Å². The lowest BCUT2D eigenvalue weighted by molar-refractivity contribution is -0.432. The molecular weight excluding hydrogens is 603 g/mol. The van der Waals surface area contributed by atoms with Crippen LogP contribution in [0.3, 0.4) is 0 Å². The van der Waals surface area contributed by atoms with Crippen LogP contribution in [0.1, 0.15) is 5.56 Å². The molecule has 18 heteroatoms. The second kappa shape index (κ2) is 12.9. The second-order valence-corrected chi connectivity index (χ2v) is 10.4. The fourth-order valence-electron chi connectivity index (χ4n) is 3.84. The van der Waals surface area contributed by atoms with Crippen LogP contribution in [0.4, 0.5) is 27.1 Å². The number of nitro benzene ring substituents is 2. The Hall–Kier alpha value is -4.59. The minimum Gasteiger partial charge on any atom is -0.491 e. The van der Waals surface area contributed by atoms with E-state index in [1.54, 1.807) is 24.3 Å². The van der Waals surface area contributed by atoms with E-state index in [-0.39, 0.29) is 40.6 Å². The third-order valence-electron chi connectivity index (χ3n) is 5.66. The van der Waals surface area contributed by atoms with Crippen LogP contribution in [-0.4, -0.2) is 34.7 Å². The number of nitrogens with zero attached hydrogens (tertiary/aromatic N) is 4. The van der Waals surface area contributed by atoms with Gasteiger partial charge in [0.15, 0.2) is 0 Å². The average Bonchev–Trinajstić information content (AvgIpc) is 2.95. The van der Waals surface area contributed by atoms with Crippen LogP contribution < -0.4 is 4.74 Å². The monoisotopic (exact) mass is 620 g/mol. The van der Waals surface area contributed by atoms with Crippen molar-refractivity contribution in [2.24, 2.45) is 10.2 Å². The maximum absolute atomic E-state index is 13.8. The number of halogens is 1. The first-order chi connectivity index (χ1) is 20.0. The van der Waals surface area contributed by atoms with Gasteiger partial charge >= 0.3 is 0 Å². The molecule has 2 N–H and O–H groups in total. The smallest absolute Gasteiger partial charge is 0.294 e. The molecule has 0 saturated carbocycles. The molecule has 4 aromatic carbocycles. The maximum Gasteiger partial charge on any atom is 0.294 e. The summed E-state index contributed by atoms with van der Waals surface area (Å²) in [5.41, 5.74) is -1.48. The Bertz CT molecular complexity index is 1770. The Kier molecular flexibility index (Phi) is 9.35. The molecule has 0 radical (unpaired) electrons. The van der Waals surface area contributed by atoms with Crippen LogP contribution in [0.15, 0.2) is 86.7 Å². The van der Waals surface area contributed by atoms with Gasteiger partial charge < -0.3 is 4.74 Å². The summed E-state index contributed by atoms with van der Waals surface area (Å²) in [6, 6.07) is 14.0. The number of benzene rings is 4. The van der Waals surface area contributed by atoms with E-state index in [1.165, 1.54) is 18.2 Å². The van der Waals surface area contributed by atoms with Gasteiger partial charge in [-0.25, -0.2) is 9.65 Å². The first kappa shape index (κ1) is 30.4. The van der Waals surface area contributed by atoms with Crippen molar-refractivity contribution in [2.75, 3.05) is 6.61 Å². The second-order valence-electron chi connectivity index (χ2n) is 8.23. The zero-order chi connectivity index (χ0) is 30.4. The maximum atomic E-state index is 13.8. The summed E-state index contributed by atoms with van der Waals surface area (Å²) in [5.74, 6) is -1.00. The van der Waals surface area contributed by atoms with Crippen molar-refractivity contribution in [3.8, 4) is 5.75 Å². The molecule has 4 aromatic rings. The molecule has 0 heterocycles. The molecule has 0 unspecified atom stereocenters. The van der Waals surface area contributed by atoms with E-state index in [4.69, 9.17) is 14.5 Å². The number of nitro groups is 2. The van der Waals surface area contributed by atoms with E-state index in [0.29, 0.717) is 39.8 Å². The van der Waals surface area contributed by atoms with Gasteiger partial charge in [-0.05, 0) is 47.9 Å². The zero-order valence-electron chi connectivity index (χ0n) is 20.8. The van der Waals surface area contributed by atoms with Crippen LogP contribution in [0, 0.1) is 26.0 Å². The molecule has 0 aliphatic carbocycles. The SMILES string of the molecule is O=[N+]([O-])c1cc(F)cc([N+](=O)[O-])c1CCOc1ccc2cc(SOOO)ccc2c1N=Nc1ccc(S(=O)(=O)O)cc1. The van der Waals surface area contributed by atoms with Gasteiger partial charge in [0.05, 0.1) is 51.2 Å². The highest BCUT2D eigenvalue weighted by Crippen LogP contribution is 2.39. The van der Waals surface area contributed by atoms with E-state index in [2.05, 4.69) is 19.6 Å². The highest BCUT2D eigenvalue weighted by molar-refractivity contribution is 7.94. The van der Waals surface area contributed by atoms with Crippen LogP contribution >= 0.6 is 12.0 Å². The van der Waals surface area contributed by atoms with Gasteiger partial charge in [0.25, 0.3) is 21.5 Å². The summed E-state index contributed by atoms with van der Waals surface area (Å²) in [4.78, 5) is 21.2. The highest BCUT2D eigenvalue weighted by atomic mass is 32.2. The molecule has 0 fully saturated rings. The molecule has 0 amide bonds. The molecule has 0 saturated heterocycles. The number of rotatable bonds is 12. The van der Waals surface area contributed by atoms with Gasteiger partial charge in [-0.1, -0.05) is 17.2 Å². The Balaban J connectivity index is 1.69. The van der Waals surface area contributed by atoms with Crippen molar-refractivity contribution in [1.29, 1.82) is 0 Å². The van der Waals surface area contributed by atoms with Crippen LogP contribution in [0.5, 0.6) is 5.75 Å². The van der Waals surface area contributed by atoms with Gasteiger partial charge in [0, 0.05) is 16.7 Å². The molecule has 0 atom stereocenters. The average molecular weight is 621 g/mol.